The van der Waals surface area contributed by atoms with Crippen molar-refractivity contribution in [2.24, 2.45) is 0 Å². The number of nitrogens with one attached hydrogen (secondary N) is 1. The maximum Gasteiger partial charge on any atom is 0.324 e. The van der Waals surface area contributed by atoms with Crippen molar-refractivity contribution in [1.29, 1.82) is 0 Å². The van der Waals surface area contributed by atoms with Crippen LogP contribution in [0.5, 0.6) is 0 Å². The molecule has 0 saturated heterocycles. The minimum absolute atomic E-state index is 0.0938. The molecular formula is C8H12N2O4S. The van der Waals surface area contributed by atoms with Crippen molar-refractivity contribution >= 4 is 16.3 Å². The second-order valence-corrected chi connectivity index (χ2v) is 3.88. The minimum atomic E-state index is -0.441. The van der Waals surface area contributed by atoms with Gasteiger partial charge in [0.05, 0.1) is 24.2 Å². The van der Waals surface area contributed by atoms with Crippen LogP contribution in [0, 0.1) is 10.1 Å². The van der Waals surface area contributed by atoms with Crippen molar-refractivity contribution in [1.82, 2.24) is 5.32 Å². The zero-order valence-corrected chi connectivity index (χ0v) is 8.74. The molecule has 1 aromatic heterocycles. The SMILES string of the molecule is O=[N+]([O-])c1cc(CNC(CO)CO)cs1. The summed E-state index contributed by atoms with van der Waals surface area (Å²) < 4.78 is 0. The fraction of sp³-hybridized carbons (Fsp3) is 0.500. The van der Waals surface area contributed by atoms with Gasteiger partial charge in [-0.15, -0.1) is 0 Å². The standard InChI is InChI=1S/C8H12N2O4S/c11-3-7(4-12)9-2-6-1-8(10(13)14)15-5-6/h1,5,7,9,11-12H,2-4H2. The van der Waals surface area contributed by atoms with Crippen LogP contribution >= 0.6 is 11.3 Å². The maximum absolute atomic E-state index is 10.4. The number of thiophene rings is 1. The number of nitro groups is 1. The van der Waals surface area contributed by atoms with E-state index in [0.29, 0.717) is 6.54 Å². The van der Waals surface area contributed by atoms with Crippen LogP contribution in [0.2, 0.25) is 0 Å². The number of rotatable bonds is 6. The molecule has 0 atom stereocenters. The highest BCUT2D eigenvalue weighted by Crippen LogP contribution is 2.22. The van der Waals surface area contributed by atoms with Gasteiger partial charge in [0.1, 0.15) is 0 Å². The summed E-state index contributed by atoms with van der Waals surface area (Å²) in [6.07, 6.45) is 0. The first-order valence-corrected chi connectivity index (χ1v) is 5.22. The third-order valence-electron chi connectivity index (χ3n) is 1.86. The Bertz CT molecular complexity index is 324. The third-order valence-corrected chi connectivity index (χ3v) is 2.78. The zero-order chi connectivity index (χ0) is 11.3. The Balaban J connectivity index is 2.47. The van der Waals surface area contributed by atoms with Gasteiger partial charge in [0.2, 0.25) is 0 Å². The number of nitrogens with zero attached hydrogens (tertiary/aromatic N) is 1. The number of aliphatic hydroxyl groups excluding tert-OH is 2. The molecule has 1 aromatic rings. The first kappa shape index (κ1) is 12.1. The van der Waals surface area contributed by atoms with Crippen LogP contribution in [0.15, 0.2) is 11.4 Å². The summed E-state index contributed by atoms with van der Waals surface area (Å²) in [7, 11) is 0. The summed E-state index contributed by atoms with van der Waals surface area (Å²) in [6.45, 7) is 0.0710. The molecule has 3 N–H and O–H groups in total. The highest BCUT2D eigenvalue weighted by atomic mass is 32.1. The Labute approximate surface area is 90.3 Å². The van der Waals surface area contributed by atoms with Crippen molar-refractivity contribution < 1.29 is 15.1 Å². The van der Waals surface area contributed by atoms with Crippen LogP contribution in [0.3, 0.4) is 0 Å². The smallest absolute Gasteiger partial charge is 0.324 e. The molecule has 0 aliphatic heterocycles. The minimum Gasteiger partial charge on any atom is -0.395 e. The van der Waals surface area contributed by atoms with E-state index < -0.39 is 4.92 Å². The second-order valence-electron chi connectivity index (χ2n) is 2.99. The van der Waals surface area contributed by atoms with Gasteiger partial charge in [-0.3, -0.25) is 10.1 Å². The molecule has 1 heterocycles. The highest BCUT2D eigenvalue weighted by Gasteiger charge is 2.10. The van der Waals surface area contributed by atoms with Gasteiger partial charge < -0.3 is 15.5 Å². The Hall–Kier alpha value is -1.02. The molecule has 0 aliphatic carbocycles. The number of aliphatic hydroxyl groups is 2. The van der Waals surface area contributed by atoms with Gasteiger partial charge in [0, 0.05) is 18.0 Å². The van der Waals surface area contributed by atoms with E-state index >= 15 is 0 Å². The average molecular weight is 232 g/mol. The molecule has 0 unspecified atom stereocenters. The Morgan fingerprint density at radius 1 is 1.53 bits per heavy atom. The molecule has 0 aromatic carbocycles. The summed E-state index contributed by atoms with van der Waals surface area (Å²) in [5.74, 6) is 0. The van der Waals surface area contributed by atoms with Gasteiger partial charge in [-0.05, 0) is 5.56 Å². The normalized spacial score (nSPS) is 10.9. The fourth-order valence-electron chi connectivity index (χ4n) is 1.00. The van der Waals surface area contributed by atoms with Gasteiger partial charge in [-0.25, -0.2) is 0 Å². The van der Waals surface area contributed by atoms with Crippen molar-refractivity contribution in [3.8, 4) is 0 Å². The molecule has 15 heavy (non-hydrogen) atoms. The van der Waals surface area contributed by atoms with Crippen LogP contribution in [-0.2, 0) is 6.54 Å². The summed E-state index contributed by atoms with van der Waals surface area (Å²) in [4.78, 5) is 9.94. The van der Waals surface area contributed by atoms with Crippen molar-refractivity contribution in [3.05, 3.63) is 27.1 Å². The lowest BCUT2D eigenvalue weighted by Crippen LogP contribution is -2.35. The van der Waals surface area contributed by atoms with Crippen molar-refractivity contribution in [2.45, 2.75) is 12.6 Å². The Morgan fingerprint density at radius 2 is 2.20 bits per heavy atom. The fourth-order valence-corrected chi connectivity index (χ4v) is 1.73. The molecule has 0 radical (unpaired) electrons. The molecule has 84 valence electrons. The first-order valence-electron chi connectivity index (χ1n) is 4.34. The van der Waals surface area contributed by atoms with E-state index in [-0.39, 0.29) is 24.3 Å². The van der Waals surface area contributed by atoms with E-state index in [4.69, 9.17) is 10.2 Å². The van der Waals surface area contributed by atoms with Gasteiger partial charge in [0.25, 0.3) is 0 Å². The predicted molar refractivity (Wildman–Crippen MR) is 55.8 cm³/mol. The number of hydrogen-bond donors (Lipinski definition) is 3. The monoisotopic (exact) mass is 232 g/mol. The molecule has 0 fully saturated rings. The summed E-state index contributed by atoms with van der Waals surface area (Å²) in [6, 6.07) is 1.09. The van der Waals surface area contributed by atoms with E-state index in [2.05, 4.69) is 5.32 Å². The lowest BCUT2D eigenvalue weighted by atomic mass is 10.3. The molecule has 6 nitrogen and oxygen atoms in total. The molecule has 1 rings (SSSR count). The van der Waals surface area contributed by atoms with Gasteiger partial charge in [-0.1, -0.05) is 11.3 Å². The molecule has 0 spiro atoms. The molecule has 0 saturated carbocycles. The van der Waals surface area contributed by atoms with E-state index in [1.807, 2.05) is 0 Å². The van der Waals surface area contributed by atoms with Crippen LogP contribution in [0.25, 0.3) is 0 Å². The zero-order valence-electron chi connectivity index (χ0n) is 7.92. The van der Waals surface area contributed by atoms with E-state index in [1.165, 1.54) is 6.07 Å². The Morgan fingerprint density at radius 3 is 2.67 bits per heavy atom. The van der Waals surface area contributed by atoms with Gasteiger partial charge in [0.15, 0.2) is 0 Å². The largest absolute Gasteiger partial charge is 0.395 e. The lowest BCUT2D eigenvalue weighted by molar-refractivity contribution is -0.380. The molecule has 0 bridgehead atoms. The quantitative estimate of drug-likeness (QED) is 0.477. The molecule has 0 aliphatic rings. The second kappa shape index (κ2) is 5.76. The van der Waals surface area contributed by atoms with E-state index in [1.54, 1.807) is 5.38 Å². The van der Waals surface area contributed by atoms with Crippen molar-refractivity contribution in [3.63, 3.8) is 0 Å². The molecular weight excluding hydrogens is 220 g/mol. The first-order chi connectivity index (χ1) is 7.17. The van der Waals surface area contributed by atoms with Crippen LogP contribution in [0.1, 0.15) is 5.56 Å². The topological polar surface area (TPSA) is 95.6 Å². The maximum atomic E-state index is 10.4. The van der Waals surface area contributed by atoms with Gasteiger partial charge >= 0.3 is 5.00 Å². The van der Waals surface area contributed by atoms with Crippen molar-refractivity contribution in [2.75, 3.05) is 13.2 Å². The third kappa shape index (κ3) is 3.56. The van der Waals surface area contributed by atoms with E-state index in [0.717, 1.165) is 16.9 Å². The summed E-state index contributed by atoms with van der Waals surface area (Å²) >= 11 is 1.06. The summed E-state index contributed by atoms with van der Waals surface area (Å²) in [5.41, 5.74) is 0.776. The predicted octanol–water partition coefficient (Wildman–Crippen LogP) is 0.0991. The van der Waals surface area contributed by atoms with Crippen LogP contribution < -0.4 is 5.32 Å². The molecule has 0 amide bonds. The van der Waals surface area contributed by atoms with Crippen LogP contribution in [-0.4, -0.2) is 34.4 Å². The number of hydrogen-bond acceptors (Lipinski definition) is 6. The molecule has 7 heteroatoms. The lowest BCUT2D eigenvalue weighted by Gasteiger charge is -2.11. The summed E-state index contributed by atoms with van der Waals surface area (Å²) in [5, 5.41) is 32.6. The van der Waals surface area contributed by atoms with E-state index in [9.17, 15) is 10.1 Å². The van der Waals surface area contributed by atoms with Crippen LogP contribution in [0.4, 0.5) is 5.00 Å². The highest BCUT2D eigenvalue weighted by molar-refractivity contribution is 7.13. The van der Waals surface area contributed by atoms with Gasteiger partial charge in [-0.2, -0.15) is 0 Å². The average Bonchev–Trinajstić information content (AvgIpc) is 2.68. The Kier molecular flexibility index (Phi) is 4.63.